The molecule has 1 aromatic carbocycles. The highest BCUT2D eigenvalue weighted by atomic mass is 19.1. The summed E-state index contributed by atoms with van der Waals surface area (Å²) in [5.41, 5.74) is 7.82. The molecule has 0 unspecified atom stereocenters. The van der Waals surface area contributed by atoms with Crippen LogP contribution in [0.2, 0.25) is 0 Å². The van der Waals surface area contributed by atoms with Crippen molar-refractivity contribution in [3.63, 3.8) is 0 Å². The fourth-order valence-electron chi connectivity index (χ4n) is 3.40. The van der Waals surface area contributed by atoms with Gasteiger partial charge in [-0.15, -0.1) is 5.10 Å². The number of hydrogen-bond donors (Lipinski definition) is 2. The number of aromatic nitrogens is 4. The summed E-state index contributed by atoms with van der Waals surface area (Å²) in [6.07, 6.45) is 2.90. The molecule has 176 valence electrons. The van der Waals surface area contributed by atoms with Gasteiger partial charge in [0.05, 0.1) is 13.2 Å². The molecule has 3 N–H and O–H groups in total. The van der Waals surface area contributed by atoms with Crippen LogP contribution in [0.15, 0.2) is 42.7 Å². The molecule has 0 saturated carbocycles. The van der Waals surface area contributed by atoms with Crippen LogP contribution in [-0.4, -0.2) is 38.7 Å². The lowest BCUT2D eigenvalue weighted by molar-refractivity contribution is 0.0946. The molecule has 0 spiro atoms. The highest BCUT2D eigenvalue weighted by Crippen LogP contribution is 2.27. The lowest BCUT2D eigenvalue weighted by Crippen LogP contribution is -2.24. The standard InChI is InChI=1S/C23H22F2N6O3/c1-12(2)34-20-15(6-16(24)9-18(20)25)11-27-21(32)17-7-14(10-28-22(17)33-3)13-4-5-31-19(8-13)29-23(26)30-31/h4-10,12H,11H2,1-3H3,(H2,26,30)(H,27,32). The number of carbonyl (C=O) groups is 1. The van der Waals surface area contributed by atoms with Crippen molar-refractivity contribution in [3.8, 4) is 22.8 Å². The van der Waals surface area contributed by atoms with E-state index in [2.05, 4.69) is 20.4 Å². The van der Waals surface area contributed by atoms with E-state index in [1.807, 2.05) is 0 Å². The van der Waals surface area contributed by atoms with Crippen LogP contribution in [0.25, 0.3) is 16.8 Å². The normalized spacial score (nSPS) is 11.1. The summed E-state index contributed by atoms with van der Waals surface area (Å²) in [7, 11) is 1.39. The van der Waals surface area contributed by atoms with Crippen molar-refractivity contribution in [2.24, 2.45) is 0 Å². The number of fused-ring (bicyclic) bond motifs is 1. The Hall–Kier alpha value is -4.28. The van der Waals surface area contributed by atoms with Crippen LogP contribution in [0.4, 0.5) is 14.7 Å². The lowest BCUT2D eigenvalue weighted by atomic mass is 10.1. The zero-order valence-corrected chi connectivity index (χ0v) is 18.7. The number of nitrogens with zero attached hydrogens (tertiary/aromatic N) is 4. The van der Waals surface area contributed by atoms with Crippen LogP contribution in [0.5, 0.6) is 11.6 Å². The molecule has 4 rings (SSSR count). The maximum atomic E-state index is 14.3. The molecule has 0 saturated heterocycles. The third-order valence-electron chi connectivity index (χ3n) is 4.85. The van der Waals surface area contributed by atoms with Gasteiger partial charge in [0.15, 0.2) is 17.2 Å². The second-order valence-electron chi connectivity index (χ2n) is 7.69. The molecule has 11 heteroatoms. The van der Waals surface area contributed by atoms with Crippen molar-refractivity contribution >= 4 is 17.5 Å². The molecule has 3 aromatic heterocycles. The fraction of sp³-hybridized carbons (Fsp3) is 0.217. The van der Waals surface area contributed by atoms with Crippen LogP contribution in [0.1, 0.15) is 29.8 Å². The number of nitrogen functional groups attached to an aromatic ring is 1. The van der Waals surface area contributed by atoms with Gasteiger partial charge in [0.25, 0.3) is 5.91 Å². The number of methoxy groups -OCH3 is 1. The number of nitrogens with one attached hydrogen (secondary N) is 1. The van der Waals surface area contributed by atoms with Crippen molar-refractivity contribution in [3.05, 3.63) is 65.5 Å². The smallest absolute Gasteiger partial charge is 0.257 e. The first kappa shape index (κ1) is 22.9. The van der Waals surface area contributed by atoms with E-state index in [0.29, 0.717) is 11.2 Å². The second kappa shape index (κ2) is 9.30. The third kappa shape index (κ3) is 4.72. The highest BCUT2D eigenvalue weighted by molar-refractivity contribution is 5.97. The molecule has 3 heterocycles. The van der Waals surface area contributed by atoms with Gasteiger partial charge in [0.1, 0.15) is 11.4 Å². The number of ether oxygens (including phenoxy) is 2. The Morgan fingerprint density at radius 2 is 2.00 bits per heavy atom. The first-order chi connectivity index (χ1) is 16.2. The minimum atomic E-state index is -0.844. The summed E-state index contributed by atoms with van der Waals surface area (Å²) in [6.45, 7) is 3.27. The predicted molar refractivity (Wildman–Crippen MR) is 120 cm³/mol. The molecule has 0 radical (unpaired) electrons. The molecular formula is C23H22F2N6O3. The molecule has 1 amide bonds. The number of nitrogens with two attached hydrogens (primary N) is 1. The monoisotopic (exact) mass is 468 g/mol. The second-order valence-corrected chi connectivity index (χ2v) is 7.69. The lowest BCUT2D eigenvalue weighted by Gasteiger charge is -2.16. The average Bonchev–Trinajstić information content (AvgIpc) is 3.18. The van der Waals surface area contributed by atoms with E-state index in [-0.39, 0.29) is 41.4 Å². The summed E-state index contributed by atoms with van der Waals surface area (Å²) >= 11 is 0. The predicted octanol–water partition coefficient (Wildman–Crippen LogP) is 3.38. The van der Waals surface area contributed by atoms with Crippen molar-refractivity contribution in [2.45, 2.75) is 26.5 Å². The third-order valence-corrected chi connectivity index (χ3v) is 4.85. The van der Waals surface area contributed by atoms with Gasteiger partial charge in [0, 0.05) is 36.1 Å². The van der Waals surface area contributed by atoms with Crippen molar-refractivity contribution < 1.29 is 23.0 Å². The van der Waals surface area contributed by atoms with Crippen LogP contribution in [0.3, 0.4) is 0 Å². The zero-order valence-electron chi connectivity index (χ0n) is 18.7. The summed E-state index contributed by atoms with van der Waals surface area (Å²) in [5, 5.41) is 6.69. The van der Waals surface area contributed by atoms with Gasteiger partial charge < -0.3 is 20.5 Å². The molecule has 0 aliphatic rings. The highest BCUT2D eigenvalue weighted by Gasteiger charge is 2.19. The van der Waals surface area contributed by atoms with Gasteiger partial charge in [-0.2, -0.15) is 4.98 Å². The summed E-state index contributed by atoms with van der Waals surface area (Å²) in [4.78, 5) is 21.4. The van der Waals surface area contributed by atoms with Crippen molar-refractivity contribution in [1.82, 2.24) is 24.9 Å². The Morgan fingerprint density at radius 1 is 1.21 bits per heavy atom. The van der Waals surface area contributed by atoms with E-state index in [0.717, 1.165) is 17.7 Å². The Balaban J connectivity index is 1.62. The number of halogens is 2. The first-order valence-electron chi connectivity index (χ1n) is 10.3. The number of hydrogen-bond acceptors (Lipinski definition) is 7. The van der Waals surface area contributed by atoms with Crippen molar-refractivity contribution in [1.29, 1.82) is 0 Å². The van der Waals surface area contributed by atoms with Gasteiger partial charge in [-0.3, -0.25) is 4.79 Å². The van der Waals surface area contributed by atoms with E-state index in [1.54, 1.807) is 44.4 Å². The maximum absolute atomic E-state index is 14.3. The minimum Gasteiger partial charge on any atom is -0.488 e. The molecule has 4 aromatic rings. The Labute approximate surface area is 193 Å². The number of rotatable bonds is 7. The number of benzene rings is 1. The molecule has 0 aliphatic heterocycles. The average molecular weight is 468 g/mol. The van der Waals surface area contributed by atoms with Gasteiger partial charge in [-0.25, -0.2) is 18.3 Å². The van der Waals surface area contributed by atoms with Crippen LogP contribution < -0.4 is 20.5 Å². The summed E-state index contributed by atoms with van der Waals surface area (Å²) in [6, 6.07) is 6.98. The fourth-order valence-corrected chi connectivity index (χ4v) is 3.40. The molecule has 0 aliphatic carbocycles. The number of amides is 1. The van der Waals surface area contributed by atoms with E-state index >= 15 is 0 Å². The molecule has 0 bridgehead atoms. The Kier molecular flexibility index (Phi) is 6.26. The number of carbonyl (C=O) groups excluding carboxylic acids is 1. The van der Waals surface area contributed by atoms with E-state index in [4.69, 9.17) is 15.2 Å². The van der Waals surface area contributed by atoms with Gasteiger partial charge in [0.2, 0.25) is 11.8 Å². The Morgan fingerprint density at radius 3 is 2.74 bits per heavy atom. The topological polar surface area (TPSA) is 117 Å². The molecular weight excluding hydrogens is 446 g/mol. The van der Waals surface area contributed by atoms with Gasteiger partial charge in [-0.05, 0) is 43.7 Å². The maximum Gasteiger partial charge on any atom is 0.257 e. The number of pyridine rings is 2. The van der Waals surface area contributed by atoms with Crippen LogP contribution in [0, 0.1) is 11.6 Å². The zero-order chi connectivity index (χ0) is 24.4. The first-order valence-corrected chi connectivity index (χ1v) is 10.3. The minimum absolute atomic E-state index is 0.0955. The molecule has 34 heavy (non-hydrogen) atoms. The molecule has 0 fully saturated rings. The summed E-state index contributed by atoms with van der Waals surface area (Å²) < 4.78 is 40.3. The quantitative estimate of drug-likeness (QED) is 0.427. The van der Waals surface area contributed by atoms with Crippen molar-refractivity contribution in [2.75, 3.05) is 12.8 Å². The summed E-state index contributed by atoms with van der Waals surface area (Å²) in [5.74, 6) is -2.04. The largest absolute Gasteiger partial charge is 0.488 e. The van der Waals surface area contributed by atoms with Gasteiger partial charge in [-0.1, -0.05) is 0 Å². The van der Waals surface area contributed by atoms with Crippen LogP contribution in [-0.2, 0) is 6.54 Å². The SMILES string of the molecule is COc1ncc(-c2ccn3nc(N)nc3c2)cc1C(=O)NCc1cc(F)cc(F)c1OC(C)C. The van der Waals surface area contributed by atoms with E-state index < -0.39 is 17.5 Å². The van der Waals surface area contributed by atoms with Crippen LogP contribution >= 0.6 is 0 Å². The molecule has 9 nitrogen and oxygen atoms in total. The number of anilines is 1. The van der Waals surface area contributed by atoms with E-state index in [9.17, 15) is 13.6 Å². The Bertz CT molecular complexity index is 1370. The van der Waals surface area contributed by atoms with E-state index in [1.165, 1.54) is 11.6 Å². The molecule has 0 atom stereocenters. The van der Waals surface area contributed by atoms with Gasteiger partial charge >= 0.3 is 0 Å².